The molecule has 3 aromatic rings. The quantitative estimate of drug-likeness (QED) is 0.518. The number of nitrogens with one attached hydrogen (secondary N) is 3. The van der Waals surface area contributed by atoms with Gasteiger partial charge in [-0.15, -0.1) is 0 Å². The van der Waals surface area contributed by atoms with Gasteiger partial charge in [0.05, 0.1) is 13.1 Å². The summed E-state index contributed by atoms with van der Waals surface area (Å²) in [6.45, 7) is 6.46. The fourth-order valence-electron chi connectivity index (χ4n) is 3.43. The molecule has 6 heteroatoms. The number of hydrogen-bond donors (Lipinski definition) is 3. The highest BCUT2D eigenvalue weighted by molar-refractivity contribution is 5.95. The molecule has 156 valence electrons. The van der Waals surface area contributed by atoms with Crippen LogP contribution >= 0.6 is 0 Å². The monoisotopic (exact) mass is 405 g/mol. The molecule has 3 amide bonds. The van der Waals surface area contributed by atoms with E-state index in [0.29, 0.717) is 13.2 Å². The SMILES string of the molecule is Cc1cc(C)c(NC(=O)CNC(=O)NCCOc2cccc3ccccc23)c(C)c1. The van der Waals surface area contributed by atoms with Crippen molar-refractivity contribution in [1.29, 1.82) is 0 Å². The minimum absolute atomic E-state index is 0.108. The van der Waals surface area contributed by atoms with Crippen LogP contribution in [0, 0.1) is 20.8 Å². The molecule has 0 radical (unpaired) electrons. The van der Waals surface area contributed by atoms with Crippen molar-refractivity contribution >= 4 is 28.4 Å². The molecule has 3 rings (SSSR count). The molecule has 0 saturated carbocycles. The standard InChI is InChI=1S/C24H27N3O3/c1-16-13-17(2)23(18(3)14-16)27-22(28)15-26-24(29)25-11-12-30-21-10-6-8-19-7-4-5-9-20(19)21/h4-10,13-14H,11-12,15H2,1-3H3,(H,27,28)(H2,25,26,29). The van der Waals surface area contributed by atoms with Gasteiger partial charge >= 0.3 is 6.03 Å². The predicted octanol–water partition coefficient (Wildman–Crippen LogP) is 4.08. The largest absolute Gasteiger partial charge is 0.491 e. The molecule has 0 saturated heterocycles. The van der Waals surface area contributed by atoms with Crippen molar-refractivity contribution < 1.29 is 14.3 Å². The molecule has 6 nitrogen and oxygen atoms in total. The predicted molar refractivity (Wildman–Crippen MR) is 120 cm³/mol. The molecule has 3 aromatic carbocycles. The molecule has 0 aliphatic rings. The van der Waals surface area contributed by atoms with Crippen molar-refractivity contribution in [3.8, 4) is 5.75 Å². The Kier molecular flexibility index (Phi) is 6.91. The van der Waals surface area contributed by atoms with E-state index in [0.717, 1.165) is 38.9 Å². The first-order valence-electron chi connectivity index (χ1n) is 9.94. The van der Waals surface area contributed by atoms with Gasteiger partial charge < -0.3 is 20.7 Å². The lowest BCUT2D eigenvalue weighted by Crippen LogP contribution is -2.41. The molecule has 0 atom stereocenters. The van der Waals surface area contributed by atoms with E-state index in [1.54, 1.807) is 0 Å². The van der Waals surface area contributed by atoms with Crippen molar-refractivity contribution in [2.24, 2.45) is 0 Å². The molecule has 0 aromatic heterocycles. The summed E-state index contributed by atoms with van der Waals surface area (Å²) in [5.41, 5.74) is 3.93. The number of fused-ring (bicyclic) bond motifs is 1. The Bertz CT molecular complexity index is 1030. The van der Waals surface area contributed by atoms with E-state index in [-0.39, 0.29) is 12.5 Å². The van der Waals surface area contributed by atoms with E-state index in [4.69, 9.17) is 4.74 Å². The van der Waals surface area contributed by atoms with Crippen LogP contribution in [0.5, 0.6) is 5.75 Å². The van der Waals surface area contributed by atoms with E-state index < -0.39 is 6.03 Å². The number of amides is 3. The number of carbonyl (C=O) groups is 2. The van der Waals surface area contributed by atoms with Crippen LogP contribution < -0.4 is 20.7 Å². The van der Waals surface area contributed by atoms with Crippen molar-refractivity contribution in [2.45, 2.75) is 20.8 Å². The van der Waals surface area contributed by atoms with Gasteiger partial charge in [-0.2, -0.15) is 0 Å². The van der Waals surface area contributed by atoms with Crippen molar-refractivity contribution in [2.75, 3.05) is 25.0 Å². The number of rotatable bonds is 7. The first-order valence-corrected chi connectivity index (χ1v) is 9.94. The van der Waals surface area contributed by atoms with Crippen LogP contribution in [0.25, 0.3) is 10.8 Å². The summed E-state index contributed by atoms with van der Waals surface area (Å²) < 4.78 is 5.79. The second-order valence-electron chi connectivity index (χ2n) is 7.26. The van der Waals surface area contributed by atoms with Gasteiger partial charge in [-0.1, -0.05) is 54.1 Å². The molecule has 0 bridgehead atoms. The van der Waals surface area contributed by atoms with Gasteiger partial charge in [-0.3, -0.25) is 4.79 Å². The smallest absolute Gasteiger partial charge is 0.315 e. The zero-order valence-electron chi connectivity index (χ0n) is 17.5. The van der Waals surface area contributed by atoms with Crippen LogP contribution in [0.2, 0.25) is 0 Å². The van der Waals surface area contributed by atoms with E-state index in [2.05, 4.69) is 16.0 Å². The summed E-state index contributed by atoms with van der Waals surface area (Å²) in [6.07, 6.45) is 0. The van der Waals surface area contributed by atoms with Gasteiger partial charge in [-0.25, -0.2) is 4.79 Å². The lowest BCUT2D eigenvalue weighted by molar-refractivity contribution is -0.115. The van der Waals surface area contributed by atoms with Crippen molar-refractivity contribution in [3.63, 3.8) is 0 Å². The molecular formula is C24H27N3O3. The highest BCUT2D eigenvalue weighted by Crippen LogP contribution is 2.25. The van der Waals surface area contributed by atoms with Gasteiger partial charge in [0.1, 0.15) is 12.4 Å². The third kappa shape index (κ3) is 5.50. The lowest BCUT2D eigenvalue weighted by atomic mass is 10.1. The first-order chi connectivity index (χ1) is 14.4. The molecule has 0 unspecified atom stereocenters. The average molecular weight is 405 g/mol. The molecule has 0 aliphatic carbocycles. The maximum atomic E-state index is 12.2. The Morgan fingerprint density at radius 3 is 2.37 bits per heavy atom. The maximum absolute atomic E-state index is 12.2. The Morgan fingerprint density at radius 1 is 0.900 bits per heavy atom. The maximum Gasteiger partial charge on any atom is 0.315 e. The summed E-state index contributed by atoms with van der Waals surface area (Å²) in [4.78, 5) is 24.1. The minimum atomic E-state index is -0.413. The summed E-state index contributed by atoms with van der Waals surface area (Å²) >= 11 is 0. The number of urea groups is 1. The first kappa shape index (κ1) is 21.2. The highest BCUT2D eigenvalue weighted by Gasteiger charge is 2.10. The molecule has 0 spiro atoms. The van der Waals surface area contributed by atoms with Crippen molar-refractivity contribution in [1.82, 2.24) is 10.6 Å². The van der Waals surface area contributed by atoms with E-state index in [1.165, 1.54) is 0 Å². The normalized spacial score (nSPS) is 10.5. The molecule has 0 fully saturated rings. The molecule has 3 N–H and O–H groups in total. The summed E-state index contributed by atoms with van der Waals surface area (Å²) in [6, 6.07) is 17.5. The van der Waals surface area contributed by atoms with Crippen LogP contribution in [0.1, 0.15) is 16.7 Å². The van der Waals surface area contributed by atoms with Crippen LogP contribution in [0.15, 0.2) is 54.6 Å². The van der Waals surface area contributed by atoms with E-state index in [9.17, 15) is 9.59 Å². The van der Waals surface area contributed by atoms with Crippen molar-refractivity contribution in [3.05, 3.63) is 71.3 Å². The van der Waals surface area contributed by atoms with E-state index in [1.807, 2.05) is 75.4 Å². The number of carbonyl (C=O) groups excluding carboxylic acids is 2. The summed E-state index contributed by atoms with van der Waals surface area (Å²) in [7, 11) is 0. The number of anilines is 1. The topological polar surface area (TPSA) is 79.5 Å². The molecular weight excluding hydrogens is 378 g/mol. The zero-order valence-corrected chi connectivity index (χ0v) is 17.5. The number of hydrogen-bond acceptors (Lipinski definition) is 3. The lowest BCUT2D eigenvalue weighted by Gasteiger charge is -2.13. The van der Waals surface area contributed by atoms with Crippen LogP contribution in [0.4, 0.5) is 10.5 Å². The Morgan fingerprint density at radius 2 is 1.60 bits per heavy atom. The third-order valence-corrected chi connectivity index (χ3v) is 4.75. The average Bonchev–Trinajstić information content (AvgIpc) is 2.72. The molecule has 0 heterocycles. The molecule has 0 aliphatic heterocycles. The summed E-state index contributed by atoms with van der Waals surface area (Å²) in [5.74, 6) is 0.505. The van der Waals surface area contributed by atoms with E-state index >= 15 is 0 Å². The Labute approximate surface area is 176 Å². The fraction of sp³-hybridized carbons (Fsp3) is 0.250. The van der Waals surface area contributed by atoms with Gasteiger partial charge in [0, 0.05) is 11.1 Å². The highest BCUT2D eigenvalue weighted by atomic mass is 16.5. The Hall–Kier alpha value is -3.54. The van der Waals surface area contributed by atoms with Gasteiger partial charge in [0.2, 0.25) is 5.91 Å². The fourth-order valence-corrected chi connectivity index (χ4v) is 3.43. The second-order valence-corrected chi connectivity index (χ2v) is 7.26. The number of benzene rings is 3. The van der Waals surface area contributed by atoms with Gasteiger partial charge in [-0.05, 0) is 43.4 Å². The van der Waals surface area contributed by atoms with Crippen LogP contribution in [0.3, 0.4) is 0 Å². The third-order valence-electron chi connectivity index (χ3n) is 4.75. The van der Waals surface area contributed by atoms with Gasteiger partial charge in [0.25, 0.3) is 0 Å². The Balaban J connectivity index is 1.40. The van der Waals surface area contributed by atoms with Crippen LogP contribution in [-0.4, -0.2) is 31.6 Å². The second kappa shape index (κ2) is 9.78. The van der Waals surface area contributed by atoms with Crippen LogP contribution in [-0.2, 0) is 4.79 Å². The number of ether oxygens (including phenoxy) is 1. The summed E-state index contributed by atoms with van der Waals surface area (Å²) in [5, 5.41) is 10.3. The van der Waals surface area contributed by atoms with Gasteiger partial charge in [0.15, 0.2) is 0 Å². The zero-order chi connectivity index (χ0) is 21.5. The molecule has 30 heavy (non-hydrogen) atoms. The minimum Gasteiger partial charge on any atom is -0.491 e. The number of aryl methyl sites for hydroxylation is 3.